The number of hydrogen-bond donors (Lipinski definition) is 3. The molecule has 0 unspecified atom stereocenters. The monoisotopic (exact) mass is 290 g/mol. The summed E-state index contributed by atoms with van der Waals surface area (Å²) in [7, 11) is 1.42. The van der Waals surface area contributed by atoms with Crippen LogP contribution in [0.15, 0.2) is 18.2 Å². The summed E-state index contributed by atoms with van der Waals surface area (Å²) in [5.74, 6) is -0.502. The van der Waals surface area contributed by atoms with Gasteiger partial charge in [-0.05, 0) is 12.1 Å². The lowest BCUT2D eigenvalue weighted by molar-refractivity contribution is 0.102. The third-order valence-electron chi connectivity index (χ3n) is 3.43. The summed E-state index contributed by atoms with van der Waals surface area (Å²) in [6.45, 7) is 1.47. The van der Waals surface area contributed by atoms with E-state index in [1.54, 1.807) is 0 Å². The van der Waals surface area contributed by atoms with Crippen molar-refractivity contribution in [2.75, 3.05) is 19.0 Å². The summed E-state index contributed by atoms with van der Waals surface area (Å²) in [5.41, 5.74) is 2.61. The number of rotatable bonds is 3. The molecule has 3 N–H and O–H groups in total. The predicted molar refractivity (Wildman–Crippen MR) is 74.9 cm³/mol. The number of aromatic nitrogens is 2. The summed E-state index contributed by atoms with van der Waals surface area (Å²) in [5, 5.41) is 12.9. The van der Waals surface area contributed by atoms with E-state index in [-0.39, 0.29) is 11.7 Å². The van der Waals surface area contributed by atoms with E-state index in [0.717, 1.165) is 24.2 Å². The zero-order chi connectivity index (χ0) is 14.8. The summed E-state index contributed by atoms with van der Waals surface area (Å²) in [6.07, 6.45) is 0.815. The Morgan fingerprint density at radius 1 is 1.48 bits per heavy atom. The molecule has 0 spiro atoms. The van der Waals surface area contributed by atoms with Gasteiger partial charge in [0, 0.05) is 36.8 Å². The molecule has 1 aromatic heterocycles. The van der Waals surface area contributed by atoms with Gasteiger partial charge in [-0.2, -0.15) is 5.10 Å². The van der Waals surface area contributed by atoms with Gasteiger partial charge in [0.1, 0.15) is 11.6 Å². The number of carbonyl (C=O) groups is 1. The van der Waals surface area contributed by atoms with E-state index in [9.17, 15) is 9.18 Å². The summed E-state index contributed by atoms with van der Waals surface area (Å²) < 4.78 is 18.2. The topological polar surface area (TPSA) is 79.0 Å². The molecule has 2 aromatic rings. The molecule has 1 aromatic carbocycles. The molecule has 0 aliphatic carbocycles. The van der Waals surface area contributed by atoms with Gasteiger partial charge in [0.2, 0.25) is 0 Å². The highest BCUT2D eigenvalue weighted by Gasteiger charge is 2.22. The zero-order valence-corrected chi connectivity index (χ0v) is 11.5. The van der Waals surface area contributed by atoms with Crippen molar-refractivity contribution in [3.8, 4) is 5.75 Å². The van der Waals surface area contributed by atoms with Crippen LogP contribution >= 0.6 is 0 Å². The van der Waals surface area contributed by atoms with Gasteiger partial charge in [-0.3, -0.25) is 9.89 Å². The number of halogens is 1. The number of nitrogens with one attached hydrogen (secondary N) is 3. The van der Waals surface area contributed by atoms with Crippen molar-refractivity contribution < 1.29 is 13.9 Å². The van der Waals surface area contributed by atoms with Gasteiger partial charge in [-0.1, -0.05) is 0 Å². The van der Waals surface area contributed by atoms with Crippen molar-refractivity contribution in [2.24, 2.45) is 0 Å². The van der Waals surface area contributed by atoms with Crippen LogP contribution in [-0.2, 0) is 13.0 Å². The second-order valence-corrected chi connectivity index (χ2v) is 4.75. The van der Waals surface area contributed by atoms with Gasteiger partial charge in [-0.15, -0.1) is 0 Å². The Kier molecular flexibility index (Phi) is 3.57. The van der Waals surface area contributed by atoms with Crippen LogP contribution in [0, 0.1) is 5.82 Å². The number of fused-ring (bicyclic) bond motifs is 1. The van der Waals surface area contributed by atoms with Gasteiger partial charge < -0.3 is 15.4 Å². The maximum Gasteiger partial charge on any atom is 0.276 e. The van der Waals surface area contributed by atoms with Crippen LogP contribution in [-0.4, -0.2) is 29.8 Å². The van der Waals surface area contributed by atoms with Gasteiger partial charge in [-0.25, -0.2) is 4.39 Å². The van der Waals surface area contributed by atoms with Crippen LogP contribution in [0.1, 0.15) is 21.7 Å². The molecule has 110 valence electrons. The van der Waals surface area contributed by atoms with Crippen LogP contribution in [0.4, 0.5) is 10.1 Å². The lowest BCUT2D eigenvalue weighted by atomic mass is 10.1. The first-order chi connectivity index (χ1) is 10.2. The SMILES string of the molecule is COc1cc(F)ccc1NC(=O)c1n[nH]c2c1CNCC2. The Hall–Kier alpha value is -2.41. The third-order valence-corrected chi connectivity index (χ3v) is 3.43. The van der Waals surface area contributed by atoms with Gasteiger partial charge in [0.05, 0.1) is 12.8 Å². The fourth-order valence-electron chi connectivity index (χ4n) is 2.36. The first kappa shape index (κ1) is 13.6. The molecule has 0 saturated heterocycles. The largest absolute Gasteiger partial charge is 0.494 e. The number of hydrogen-bond acceptors (Lipinski definition) is 4. The molecule has 2 heterocycles. The van der Waals surface area contributed by atoms with Crippen LogP contribution in [0.5, 0.6) is 5.75 Å². The minimum Gasteiger partial charge on any atom is -0.494 e. The van der Waals surface area contributed by atoms with Crippen molar-refractivity contribution in [1.82, 2.24) is 15.5 Å². The maximum absolute atomic E-state index is 13.2. The van der Waals surface area contributed by atoms with E-state index in [2.05, 4.69) is 20.8 Å². The third kappa shape index (κ3) is 2.59. The lowest BCUT2D eigenvalue weighted by Crippen LogP contribution is -2.25. The van der Waals surface area contributed by atoms with Crippen LogP contribution in [0.3, 0.4) is 0 Å². The van der Waals surface area contributed by atoms with Crippen molar-refractivity contribution in [3.05, 3.63) is 41.0 Å². The van der Waals surface area contributed by atoms with Gasteiger partial charge in [0.25, 0.3) is 5.91 Å². The van der Waals surface area contributed by atoms with Crippen LogP contribution < -0.4 is 15.4 Å². The number of H-pyrrole nitrogens is 1. The van der Waals surface area contributed by atoms with E-state index in [1.807, 2.05) is 0 Å². The number of anilines is 1. The molecule has 21 heavy (non-hydrogen) atoms. The molecular weight excluding hydrogens is 275 g/mol. The highest BCUT2D eigenvalue weighted by atomic mass is 19.1. The molecule has 1 aliphatic rings. The van der Waals surface area contributed by atoms with E-state index >= 15 is 0 Å². The van der Waals surface area contributed by atoms with Crippen LogP contribution in [0.2, 0.25) is 0 Å². The second-order valence-electron chi connectivity index (χ2n) is 4.75. The second kappa shape index (κ2) is 5.53. The standard InChI is InChI=1S/C14H15FN4O2/c1-21-12-6-8(15)2-3-11(12)17-14(20)13-9-7-16-5-4-10(9)18-19-13/h2-3,6,16H,4-5,7H2,1H3,(H,17,20)(H,18,19). The Bertz CT molecular complexity index is 684. The summed E-state index contributed by atoms with van der Waals surface area (Å²) in [4.78, 5) is 12.3. The maximum atomic E-state index is 13.2. The fraction of sp³-hybridized carbons (Fsp3) is 0.286. The van der Waals surface area contributed by atoms with Gasteiger partial charge >= 0.3 is 0 Å². The average molecular weight is 290 g/mol. The van der Waals surface area contributed by atoms with Crippen molar-refractivity contribution >= 4 is 11.6 Å². The molecule has 0 atom stereocenters. The molecule has 1 aliphatic heterocycles. The van der Waals surface area contributed by atoms with Gasteiger partial charge in [0.15, 0.2) is 5.69 Å². The number of methoxy groups -OCH3 is 1. The molecule has 1 amide bonds. The summed E-state index contributed by atoms with van der Waals surface area (Å²) >= 11 is 0. The number of nitrogens with zero attached hydrogens (tertiary/aromatic N) is 1. The van der Waals surface area contributed by atoms with E-state index < -0.39 is 5.82 Å². The number of amides is 1. The molecular formula is C14H15FN4O2. The number of ether oxygens (including phenoxy) is 1. The Morgan fingerprint density at radius 3 is 3.14 bits per heavy atom. The highest BCUT2D eigenvalue weighted by Crippen LogP contribution is 2.26. The molecule has 3 rings (SSSR count). The normalized spacial score (nSPS) is 13.6. The molecule has 0 saturated carbocycles. The minimum absolute atomic E-state index is 0.269. The zero-order valence-electron chi connectivity index (χ0n) is 11.5. The molecule has 7 heteroatoms. The molecule has 0 bridgehead atoms. The predicted octanol–water partition coefficient (Wildman–Crippen LogP) is 1.46. The average Bonchev–Trinajstić information content (AvgIpc) is 2.93. The number of aromatic amines is 1. The molecule has 0 radical (unpaired) electrons. The first-order valence-corrected chi connectivity index (χ1v) is 6.60. The summed E-state index contributed by atoms with van der Waals surface area (Å²) in [6, 6.07) is 3.94. The highest BCUT2D eigenvalue weighted by molar-refractivity contribution is 6.04. The first-order valence-electron chi connectivity index (χ1n) is 6.60. The van der Waals surface area contributed by atoms with Crippen LogP contribution in [0.25, 0.3) is 0 Å². The lowest BCUT2D eigenvalue weighted by Gasteiger charge is -2.13. The van der Waals surface area contributed by atoms with Crippen molar-refractivity contribution in [3.63, 3.8) is 0 Å². The number of carbonyl (C=O) groups excluding carboxylic acids is 1. The Balaban J connectivity index is 1.85. The van der Waals surface area contributed by atoms with Crippen molar-refractivity contribution in [2.45, 2.75) is 13.0 Å². The molecule has 0 fully saturated rings. The Morgan fingerprint density at radius 2 is 2.33 bits per heavy atom. The van der Waals surface area contributed by atoms with E-state index in [1.165, 1.54) is 25.3 Å². The quantitative estimate of drug-likeness (QED) is 0.799. The number of benzene rings is 1. The van der Waals surface area contributed by atoms with E-state index in [0.29, 0.717) is 17.9 Å². The minimum atomic E-state index is -0.425. The van der Waals surface area contributed by atoms with E-state index in [4.69, 9.17) is 4.74 Å². The fourth-order valence-corrected chi connectivity index (χ4v) is 2.36. The van der Waals surface area contributed by atoms with Crippen molar-refractivity contribution in [1.29, 1.82) is 0 Å². The Labute approximate surface area is 120 Å². The smallest absolute Gasteiger partial charge is 0.276 e. The molecule has 6 nitrogen and oxygen atoms in total.